The lowest BCUT2D eigenvalue weighted by molar-refractivity contribution is 0.143. The smallest absolute Gasteiger partial charge is 0.204 e. The molecule has 4 heterocycles. The number of anilines is 2. The van der Waals surface area contributed by atoms with Crippen LogP contribution < -0.4 is 4.90 Å². The molecule has 0 radical (unpaired) electrons. The van der Waals surface area contributed by atoms with Crippen molar-refractivity contribution < 1.29 is 9.50 Å². The van der Waals surface area contributed by atoms with Crippen LogP contribution in [0.3, 0.4) is 0 Å². The Hall–Kier alpha value is -3.57. The molecule has 162 valence electrons. The third-order valence-electron chi connectivity index (χ3n) is 5.66. The minimum atomic E-state index is -1.09. The second-order valence-electron chi connectivity index (χ2n) is 8.59. The Morgan fingerprint density at radius 3 is 2.84 bits per heavy atom. The van der Waals surface area contributed by atoms with Crippen molar-refractivity contribution in [2.24, 2.45) is 7.05 Å². The molecule has 5 rings (SSSR count). The molecule has 3 aromatic heterocycles. The first kappa shape index (κ1) is 20.3. The van der Waals surface area contributed by atoms with Gasteiger partial charge in [-0.1, -0.05) is 23.1 Å². The van der Waals surface area contributed by atoms with Crippen molar-refractivity contribution in [3.8, 4) is 11.8 Å². The van der Waals surface area contributed by atoms with Crippen LogP contribution in [0.25, 0.3) is 21.9 Å². The summed E-state index contributed by atoms with van der Waals surface area (Å²) in [7, 11) is 1.76. The lowest BCUT2D eigenvalue weighted by Gasteiger charge is -2.26. The summed E-state index contributed by atoms with van der Waals surface area (Å²) in [5.74, 6) is 6.12. The zero-order valence-corrected chi connectivity index (χ0v) is 18.2. The molecule has 32 heavy (non-hydrogen) atoms. The summed E-state index contributed by atoms with van der Waals surface area (Å²) in [5, 5.41) is 19.4. The number of aryl methyl sites for hydroxylation is 1. The summed E-state index contributed by atoms with van der Waals surface area (Å²) in [6.45, 7) is 4.01. The molecule has 0 saturated carbocycles. The Kier molecular flexibility index (Phi) is 4.79. The summed E-state index contributed by atoms with van der Waals surface area (Å²) in [4.78, 5) is 10.9. The van der Waals surface area contributed by atoms with Crippen molar-refractivity contribution in [1.82, 2.24) is 25.0 Å². The van der Waals surface area contributed by atoms with Crippen molar-refractivity contribution in [2.45, 2.75) is 38.7 Å². The van der Waals surface area contributed by atoms with Crippen LogP contribution in [0.1, 0.15) is 37.8 Å². The van der Waals surface area contributed by atoms with E-state index in [0.717, 1.165) is 36.1 Å². The summed E-state index contributed by atoms with van der Waals surface area (Å²) in [6.07, 6.45) is 5.59. The van der Waals surface area contributed by atoms with E-state index in [-0.39, 0.29) is 0 Å². The van der Waals surface area contributed by atoms with Gasteiger partial charge < -0.3 is 10.0 Å². The Labute approximate surface area is 184 Å². The Bertz CT molecular complexity index is 1410. The molecule has 0 amide bonds. The third kappa shape index (κ3) is 3.45. The number of nitrogens with zero attached hydrogens (tertiary/aromatic N) is 6. The second kappa shape index (κ2) is 7.53. The van der Waals surface area contributed by atoms with E-state index in [9.17, 15) is 5.11 Å². The number of aromatic nitrogens is 5. The van der Waals surface area contributed by atoms with E-state index in [4.69, 9.17) is 4.98 Å². The van der Waals surface area contributed by atoms with E-state index in [1.54, 1.807) is 31.8 Å². The van der Waals surface area contributed by atoms with E-state index in [0.29, 0.717) is 34.3 Å². The van der Waals surface area contributed by atoms with Gasteiger partial charge in [-0.05, 0) is 50.8 Å². The number of pyridine rings is 2. The van der Waals surface area contributed by atoms with Gasteiger partial charge >= 0.3 is 0 Å². The van der Waals surface area contributed by atoms with Crippen molar-refractivity contribution in [3.05, 3.63) is 47.5 Å². The van der Waals surface area contributed by atoms with Gasteiger partial charge in [-0.2, -0.15) is 0 Å². The predicted molar refractivity (Wildman–Crippen MR) is 121 cm³/mol. The van der Waals surface area contributed by atoms with Crippen molar-refractivity contribution in [3.63, 3.8) is 0 Å². The monoisotopic (exact) mass is 430 g/mol. The number of hydrogen-bond acceptors (Lipinski definition) is 6. The van der Waals surface area contributed by atoms with Crippen LogP contribution in [-0.2, 0) is 13.5 Å². The highest BCUT2D eigenvalue weighted by Gasteiger charge is 2.25. The number of rotatable bonds is 1. The zero-order valence-electron chi connectivity index (χ0n) is 18.2. The highest BCUT2D eigenvalue weighted by atomic mass is 19.1. The first-order valence-corrected chi connectivity index (χ1v) is 10.6. The van der Waals surface area contributed by atoms with Gasteiger partial charge in [0, 0.05) is 36.4 Å². The maximum Gasteiger partial charge on any atom is 0.204 e. The molecule has 0 unspecified atom stereocenters. The van der Waals surface area contributed by atoms with Gasteiger partial charge in [0.1, 0.15) is 16.9 Å². The molecule has 0 atom stereocenters. The summed E-state index contributed by atoms with van der Waals surface area (Å²) < 4.78 is 16.7. The van der Waals surface area contributed by atoms with Crippen LogP contribution in [0, 0.1) is 17.7 Å². The van der Waals surface area contributed by atoms with Gasteiger partial charge in [-0.15, -0.1) is 5.10 Å². The van der Waals surface area contributed by atoms with E-state index in [1.807, 2.05) is 18.2 Å². The molecule has 4 aromatic rings. The number of hydrogen-bond donors (Lipinski definition) is 1. The third-order valence-corrected chi connectivity index (χ3v) is 5.66. The zero-order chi connectivity index (χ0) is 22.5. The summed E-state index contributed by atoms with van der Waals surface area (Å²) in [6, 6.07) is 5.92. The summed E-state index contributed by atoms with van der Waals surface area (Å²) >= 11 is 0. The fraction of sp³-hybridized carbons (Fsp3) is 0.333. The second-order valence-corrected chi connectivity index (χ2v) is 8.59. The molecule has 0 spiro atoms. The lowest BCUT2D eigenvalue weighted by atomic mass is 9.99. The predicted octanol–water partition coefficient (Wildman–Crippen LogP) is 3.65. The normalized spacial score (nSPS) is 14.2. The average Bonchev–Trinajstić information content (AvgIpc) is 2.99. The number of aliphatic hydroxyl groups is 1. The molecule has 1 aliphatic heterocycles. The first-order valence-electron chi connectivity index (χ1n) is 10.6. The van der Waals surface area contributed by atoms with Gasteiger partial charge in [0.15, 0.2) is 5.82 Å². The summed E-state index contributed by atoms with van der Waals surface area (Å²) in [5.41, 5.74) is 2.90. The topological polar surface area (TPSA) is 80.0 Å². The molecular weight excluding hydrogens is 407 g/mol. The van der Waals surface area contributed by atoms with E-state index < -0.39 is 11.4 Å². The molecule has 7 nitrogen and oxygen atoms in total. The molecule has 1 aromatic carbocycles. The molecule has 0 aliphatic carbocycles. The van der Waals surface area contributed by atoms with Gasteiger partial charge in [-0.3, -0.25) is 4.98 Å². The van der Waals surface area contributed by atoms with Gasteiger partial charge in [0.2, 0.25) is 5.65 Å². The molecule has 0 fully saturated rings. The standard InChI is InChI=1S/C24H23FN6O/c1-24(2,32)11-10-15-7-6-9-19-16(15)8-4-5-12-31(19)23-20-17(13-26-14-18(20)25)21-22(27-23)28-29-30(21)3/h6-7,9,13-14,32H,4-5,8,12H2,1-3H3. The molecule has 0 saturated heterocycles. The molecule has 1 N–H and O–H groups in total. The first-order chi connectivity index (χ1) is 15.3. The van der Waals surface area contributed by atoms with Crippen LogP contribution in [0.5, 0.6) is 0 Å². The number of benzene rings is 1. The Morgan fingerprint density at radius 1 is 1.19 bits per heavy atom. The average molecular weight is 430 g/mol. The van der Waals surface area contributed by atoms with Crippen LogP contribution in [0.15, 0.2) is 30.6 Å². The molecule has 8 heteroatoms. The minimum Gasteiger partial charge on any atom is -0.378 e. The van der Waals surface area contributed by atoms with Crippen LogP contribution in [0.2, 0.25) is 0 Å². The maximum absolute atomic E-state index is 15.1. The van der Waals surface area contributed by atoms with E-state index in [1.165, 1.54) is 6.20 Å². The van der Waals surface area contributed by atoms with Crippen LogP contribution in [-0.4, -0.2) is 42.2 Å². The van der Waals surface area contributed by atoms with Gasteiger partial charge in [0.25, 0.3) is 0 Å². The fourth-order valence-electron chi connectivity index (χ4n) is 4.25. The number of fused-ring (bicyclic) bond motifs is 4. The van der Waals surface area contributed by atoms with Crippen molar-refractivity contribution in [1.29, 1.82) is 0 Å². The highest BCUT2D eigenvalue weighted by Crippen LogP contribution is 2.39. The van der Waals surface area contributed by atoms with Gasteiger partial charge in [0.05, 0.1) is 11.6 Å². The lowest BCUT2D eigenvalue weighted by Crippen LogP contribution is -2.20. The number of halogens is 1. The SMILES string of the molecule is Cn1nnc2nc(N3CCCCc4c(C#CC(C)(C)O)cccc43)c3c(F)cncc3c21. The fourth-order valence-corrected chi connectivity index (χ4v) is 4.25. The Morgan fingerprint density at radius 2 is 2.03 bits per heavy atom. The van der Waals surface area contributed by atoms with E-state index >= 15 is 4.39 Å². The van der Waals surface area contributed by atoms with Crippen LogP contribution >= 0.6 is 0 Å². The Balaban J connectivity index is 1.77. The van der Waals surface area contributed by atoms with E-state index in [2.05, 4.69) is 32.0 Å². The maximum atomic E-state index is 15.1. The van der Waals surface area contributed by atoms with Crippen molar-refractivity contribution >= 4 is 33.4 Å². The van der Waals surface area contributed by atoms with Gasteiger partial charge in [-0.25, -0.2) is 14.1 Å². The largest absolute Gasteiger partial charge is 0.378 e. The molecule has 0 bridgehead atoms. The molecular formula is C24H23FN6O. The van der Waals surface area contributed by atoms with Crippen LogP contribution in [0.4, 0.5) is 15.9 Å². The minimum absolute atomic E-state index is 0.402. The highest BCUT2D eigenvalue weighted by molar-refractivity contribution is 6.08. The quantitative estimate of drug-likeness (QED) is 0.465. The van der Waals surface area contributed by atoms with Crippen molar-refractivity contribution in [2.75, 3.05) is 11.4 Å². The molecule has 1 aliphatic rings.